The molecule has 2 atom stereocenters. The minimum absolute atomic E-state index is 0.188. The van der Waals surface area contributed by atoms with Gasteiger partial charge in [-0.05, 0) is 38.6 Å². The maximum atomic E-state index is 9.93. The summed E-state index contributed by atoms with van der Waals surface area (Å²) in [6.45, 7) is 2.74. The Balaban J connectivity index is 1.67. The van der Waals surface area contributed by atoms with Crippen molar-refractivity contribution < 1.29 is 9.84 Å². The van der Waals surface area contributed by atoms with Crippen LogP contribution in [0.2, 0.25) is 10.0 Å². The Labute approximate surface area is 136 Å². The van der Waals surface area contributed by atoms with Gasteiger partial charge >= 0.3 is 0 Å². The number of hydrogen-bond acceptors (Lipinski definition) is 4. The number of aliphatic hydroxyl groups is 1. The van der Waals surface area contributed by atoms with Gasteiger partial charge in [-0.1, -0.05) is 23.2 Å². The maximum absolute atomic E-state index is 9.93. The molecule has 4 nitrogen and oxygen atoms in total. The van der Waals surface area contributed by atoms with Crippen LogP contribution in [0.4, 0.5) is 0 Å². The first-order chi connectivity index (χ1) is 10.1. The Hall–Kier alpha value is -0.520. The second-order valence-electron chi connectivity index (χ2n) is 5.47. The zero-order valence-corrected chi connectivity index (χ0v) is 13.7. The van der Waals surface area contributed by atoms with E-state index in [2.05, 4.69) is 17.3 Å². The van der Waals surface area contributed by atoms with Gasteiger partial charge in [-0.15, -0.1) is 0 Å². The van der Waals surface area contributed by atoms with Gasteiger partial charge in [0.2, 0.25) is 0 Å². The van der Waals surface area contributed by atoms with Crippen LogP contribution >= 0.6 is 23.2 Å². The Morgan fingerprint density at radius 3 is 3.00 bits per heavy atom. The van der Waals surface area contributed by atoms with E-state index in [-0.39, 0.29) is 6.61 Å². The largest absolute Gasteiger partial charge is 0.489 e. The van der Waals surface area contributed by atoms with Crippen molar-refractivity contribution in [2.45, 2.75) is 25.0 Å². The molecule has 0 bridgehead atoms. The normalized spacial score (nSPS) is 20.7. The van der Waals surface area contributed by atoms with Gasteiger partial charge in [0.1, 0.15) is 18.5 Å². The lowest BCUT2D eigenvalue weighted by Gasteiger charge is -2.21. The molecule has 0 radical (unpaired) electrons. The van der Waals surface area contributed by atoms with Crippen molar-refractivity contribution in [2.75, 3.05) is 33.3 Å². The van der Waals surface area contributed by atoms with Crippen LogP contribution in [0.1, 0.15) is 12.8 Å². The van der Waals surface area contributed by atoms with E-state index in [0.29, 0.717) is 28.4 Å². The molecule has 1 aromatic rings. The van der Waals surface area contributed by atoms with Crippen LogP contribution in [0.15, 0.2) is 18.2 Å². The number of hydrogen-bond donors (Lipinski definition) is 2. The average Bonchev–Trinajstić information content (AvgIpc) is 2.85. The molecule has 2 rings (SSSR count). The fourth-order valence-corrected chi connectivity index (χ4v) is 2.82. The number of ether oxygens (including phenoxy) is 1. The van der Waals surface area contributed by atoms with E-state index >= 15 is 0 Å². The van der Waals surface area contributed by atoms with Crippen LogP contribution in [-0.4, -0.2) is 55.4 Å². The van der Waals surface area contributed by atoms with Crippen LogP contribution < -0.4 is 10.1 Å². The summed E-state index contributed by atoms with van der Waals surface area (Å²) in [5.74, 6) is 0.499. The molecule has 1 heterocycles. The molecule has 118 valence electrons. The van der Waals surface area contributed by atoms with Gasteiger partial charge in [-0.3, -0.25) is 0 Å². The summed E-state index contributed by atoms with van der Waals surface area (Å²) >= 11 is 11.9. The third-order valence-electron chi connectivity index (χ3n) is 3.76. The number of rotatable bonds is 7. The van der Waals surface area contributed by atoms with Gasteiger partial charge < -0.3 is 20.1 Å². The summed E-state index contributed by atoms with van der Waals surface area (Å²) < 4.78 is 5.51. The van der Waals surface area contributed by atoms with E-state index in [1.54, 1.807) is 18.2 Å². The van der Waals surface area contributed by atoms with Crippen LogP contribution in [0.3, 0.4) is 0 Å². The van der Waals surface area contributed by atoms with E-state index in [4.69, 9.17) is 27.9 Å². The fourth-order valence-electron chi connectivity index (χ4n) is 2.49. The lowest BCUT2D eigenvalue weighted by Crippen LogP contribution is -2.39. The summed E-state index contributed by atoms with van der Waals surface area (Å²) in [5, 5.41) is 14.3. The Bertz CT molecular complexity index is 459. The Kier molecular flexibility index (Phi) is 6.58. The van der Waals surface area contributed by atoms with Gasteiger partial charge in [0.15, 0.2) is 0 Å². The smallest absolute Gasteiger partial charge is 0.139 e. The molecule has 1 fully saturated rings. The van der Waals surface area contributed by atoms with E-state index in [1.165, 1.54) is 12.8 Å². The van der Waals surface area contributed by atoms with Crippen LogP contribution in [-0.2, 0) is 0 Å². The number of nitrogens with one attached hydrogen (secondary N) is 1. The van der Waals surface area contributed by atoms with Crippen LogP contribution in [0.25, 0.3) is 0 Å². The predicted octanol–water partition coefficient (Wildman–Crippen LogP) is 2.42. The van der Waals surface area contributed by atoms with Crippen molar-refractivity contribution in [3.05, 3.63) is 28.2 Å². The molecule has 2 unspecified atom stereocenters. The Morgan fingerprint density at radius 1 is 1.48 bits per heavy atom. The van der Waals surface area contributed by atoms with Gasteiger partial charge in [-0.25, -0.2) is 0 Å². The molecule has 0 spiro atoms. The SMILES string of the molecule is CN1CCCC1CNCC(O)COc1cc(Cl)ccc1Cl. The minimum Gasteiger partial charge on any atom is -0.489 e. The average molecular weight is 333 g/mol. The van der Waals surface area contributed by atoms with Crippen molar-refractivity contribution in [1.82, 2.24) is 10.2 Å². The monoisotopic (exact) mass is 332 g/mol. The van der Waals surface area contributed by atoms with Crippen molar-refractivity contribution in [3.63, 3.8) is 0 Å². The summed E-state index contributed by atoms with van der Waals surface area (Å²) in [5.41, 5.74) is 0. The first-order valence-electron chi connectivity index (χ1n) is 7.23. The molecule has 1 aliphatic rings. The summed E-state index contributed by atoms with van der Waals surface area (Å²) in [7, 11) is 2.14. The second kappa shape index (κ2) is 8.20. The summed E-state index contributed by atoms with van der Waals surface area (Å²) in [4.78, 5) is 2.35. The minimum atomic E-state index is -0.577. The first kappa shape index (κ1) is 16.8. The number of halogens is 2. The fraction of sp³-hybridized carbons (Fsp3) is 0.600. The predicted molar refractivity (Wildman–Crippen MR) is 86.5 cm³/mol. The topological polar surface area (TPSA) is 44.7 Å². The highest BCUT2D eigenvalue weighted by Crippen LogP contribution is 2.27. The van der Waals surface area contributed by atoms with E-state index in [0.717, 1.165) is 13.1 Å². The van der Waals surface area contributed by atoms with Gasteiger partial charge in [-0.2, -0.15) is 0 Å². The van der Waals surface area contributed by atoms with E-state index < -0.39 is 6.10 Å². The zero-order valence-electron chi connectivity index (χ0n) is 12.2. The Morgan fingerprint density at radius 2 is 2.29 bits per heavy atom. The molecule has 1 saturated heterocycles. The van der Waals surface area contributed by atoms with Gasteiger partial charge in [0, 0.05) is 30.2 Å². The summed E-state index contributed by atoms with van der Waals surface area (Å²) in [6, 6.07) is 5.60. The van der Waals surface area contributed by atoms with Crippen molar-refractivity contribution >= 4 is 23.2 Å². The van der Waals surface area contributed by atoms with Crippen LogP contribution in [0.5, 0.6) is 5.75 Å². The van der Waals surface area contributed by atoms with Crippen molar-refractivity contribution in [2.24, 2.45) is 0 Å². The third-order valence-corrected chi connectivity index (χ3v) is 4.30. The van der Waals surface area contributed by atoms with Crippen LogP contribution in [0, 0.1) is 0 Å². The third kappa shape index (κ3) is 5.31. The molecule has 0 saturated carbocycles. The molecule has 2 N–H and O–H groups in total. The molecule has 0 aromatic heterocycles. The molecule has 0 aliphatic carbocycles. The van der Waals surface area contributed by atoms with E-state index in [1.807, 2.05) is 0 Å². The van der Waals surface area contributed by atoms with Gasteiger partial charge in [0.05, 0.1) is 5.02 Å². The molecule has 1 aliphatic heterocycles. The number of likely N-dealkylation sites (tertiary alicyclic amines) is 1. The number of nitrogens with zero attached hydrogens (tertiary/aromatic N) is 1. The maximum Gasteiger partial charge on any atom is 0.139 e. The number of likely N-dealkylation sites (N-methyl/N-ethyl adjacent to an activating group) is 1. The van der Waals surface area contributed by atoms with Gasteiger partial charge in [0.25, 0.3) is 0 Å². The highest BCUT2D eigenvalue weighted by atomic mass is 35.5. The quantitative estimate of drug-likeness (QED) is 0.804. The van der Waals surface area contributed by atoms with E-state index in [9.17, 15) is 5.11 Å². The molecular formula is C15H22Cl2N2O2. The van der Waals surface area contributed by atoms with Crippen molar-refractivity contribution in [1.29, 1.82) is 0 Å². The molecule has 21 heavy (non-hydrogen) atoms. The molecular weight excluding hydrogens is 311 g/mol. The standard InChI is InChI=1S/C15H22Cl2N2O2/c1-19-6-2-3-12(19)8-18-9-13(20)10-21-15-7-11(16)4-5-14(15)17/h4-5,7,12-13,18,20H,2-3,6,8-10H2,1H3. The second-order valence-corrected chi connectivity index (χ2v) is 6.32. The highest BCUT2D eigenvalue weighted by molar-refractivity contribution is 6.34. The number of benzene rings is 1. The first-order valence-corrected chi connectivity index (χ1v) is 7.98. The molecule has 1 aromatic carbocycles. The number of aliphatic hydroxyl groups excluding tert-OH is 1. The molecule has 0 amide bonds. The highest BCUT2D eigenvalue weighted by Gasteiger charge is 2.20. The molecule has 6 heteroatoms. The lowest BCUT2D eigenvalue weighted by atomic mass is 10.2. The lowest BCUT2D eigenvalue weighted by molar-refractivity contribution is 0.105. The zero-order chi connectivity index (χ0) is 15.2. The van der Waals surface area contributed by atoms with Crippen molar-refractivity contribution in [3.8, 4) is 5.75 Å². The summed E-state index contributed by atoms with van der Waals surface area (Å²) in [6.07, 6.45) is 1.89.